The van der Waals surface area contributed by atoms with Gasteiger partial charge in [-0.2, -0.15) is 0 Å². The predicted molar refractivity (Wildman–Crippen MR) is 408 cm³/mol. The fraction of sp³-hybridized carbons (Fsp3) is 0.302. The summed E-state index contributed by atoms with van der Waals surface area (Å²) in [6.45, 7) is 24.3. The number of methoxy groups -OCH3 is 4. The molecule has 2 aromatic carbocycles. The van der Waals surface area contributed by atoms with E-state index in [9.17, 15) is 29.4 Å². The average Bonchev–Trinajstić information content (AvgIpc) is 1.44. The molecule has 0 saturated carbocycles. The molecule has 10 heterocycles. The number of benzene rings is 2. The Bertz CT molecular complexity index is 5530. The monoisotopic (exact) mass is 1390 g/mol. The van der Waals surface area contributed by atoms with Crippen LogP contribution in [-0.4, -0.2) is 102 Å². The molecule has 0 radical (unpaired) electrons. The molecule has 6 aliphatic rings. The molecule has 16 bridgehead atoms. The number of carbonyl (C=O) groups excluding carboxylic acids is 4. The number of fused-ring (bicyclic) bond motifs is 23. The maximum Gasteiger partial charge on any atom is 0.305 e. The van der Waals surface area contributed by atoms with E-state index in [0.29, 0.717) is 110 Å². The molecule has 4 aliphatic heterocycles. The van der Waals surface area contributed by atoms with Crippen LogP contribution in [0.5, 0.6) is 0 Å². The van der Waals surface area contributed by atoms with E-state index >= 15 is 0 Å². The van der Waals surface area contributed by atoms with Crippen LogP contribution in [0, 0.1) is 33.6 Å². The Labute approximate surface area is 603 Å². The Morgan fingerprint density at radius 1 is 0.481 bits per heavy atom. The van der Waals surface area contributed by atoms with Crippen molar-refractivity contribution in [2.24, 2.45) is 5.92 Å². The van der Waals surface area contributed by atoms with Gasteiger partial charge in [0.1, 0.15) is 11.2 Å². The van der Waals surface area contributed by atoms with Gasteiger partial charge in [-0.1, -0.05) is 92.1 Å². The maximum absolute atomic E-state index is 14.8. The second-order valence-electron chi connectivity index (χ2n) is 28.4. The third-order valence-electron chi connectivity index (χ3n) is 22.9. The lowest BCUT2D eigenvalue weighted by Gasteiger charge is -2.52. The number of allylic oxidation sites excluding steroid dienone is 6. The summed E-state index contributed by atoms with van der Waals surface area (Å²) in [6, 6.07) is 32.7. The van der Waals surface area contributed by atoms with Crippen LogP contribution in [0.2, 0.25) is 0 Å². The molecule has 8 aromatic rings. The molecule has 104 heavy (non-hydrogen) atoms. The molecule has 18 nitrogen and oxygen atoms in total. The standard InChI is InChI=1S/C86H86N8O10/c1-15-50-44(3)63-36-65-46(5)52(25-29-79(95)101-11)69(87-65)39-71-54(27-31-81(97)103-13)48(7)67(89-71)38-75-61(84(9,99)76(93-75)42-73(50)90-63)35-62-83-59-24-20-19-22-57(59)56-21-17-18-23-58(56)60(83)33-34-86(62)78-41-68-49(8)55(28-32-82(98)104-14)72(92-68)40-70-53(26-30-80(96)102-12)47(6)66(88-70)37-64-45(4)51(16-2)74(91-64)43-77(94-78)85(86,10)100/h15-24,33-43,60,62,83,89-92,99-100H,1-2,25-32H2,3-14H3/b61-35-,63-36?,64-37?,65-36?,66-37?,67-38?,68-41?,69-39?,70-40?,71-39?,72-40?,73-42?,74-43?,75-38?,76-42?,77-43?,78-41?/t60-,62+,83-,84+,85-,86?/m1/s1. The van der Waals surface area contributed by atoms with Crippen LogP contribution in [0.15, 0.2) is 128 Å². The van der Waals surface area contributed by atoms with Gasteiger partial charge in [0.15, 0.2) is 0 Å². The van der Waals surface area contributed by atoms with Crippen molar-refractivity contribution in [2.45, 2.75) is 135 Å². The zero-order valence-electron chi connectivity index (χ0n) is 60.9. The predicted octanol–water partition coefficient (Wildman–Crippen LogP) is 16.3. The van der Waals surface area contributed by atoms with Crippen LogP contribution >= 0.6 is 0 Å². The van der Waals surface area contributed by atoms with Gasteiger partial charge < -0.3 is 49.1 Å². The fourth-order valence-electron chi connectivity index (χ4n) is 16.9. The number of nitrogens with zero attached hydrogens (tertiary/aromatic N) is 4. The van der Waals surface area contributed by atoms with Gasteiger partial charge in [-0.25, -0.2) is 15.0 Å². The summed E-state index contributed by atoms with van der Waals surface area (Å²) in [5, 5.41) is 29.0. The fourth-order valence-corrected chi connectivity index (χ4v) is 16.9. The Hall–Kier alpha value is -11.1. The third kappa shape index (κ3) is 11.6. The van der Waals surface area contributed by atoms with Crippen LogP contribution in [0.1, 0.15) is 179 Å². The van der Waals surface area contributed by atoms with Gasteiger partial charge in [-0.3, -0.25) is 24.2 Å². The van der Waals surface area contributed by atoms with E-state index in [-0.39, 0.29) is 55.5 Å². The van der Waals surface area contributed by atoms with Crippen molar-refractivity contribution >= 4 is 108 Å². The Kier molecular flexibility index (Phi) is 18.1. The minimum atomic E-state index is -1.87. The van der Waals surface area contributed by atoms with E-state index in [1.165, 1.54) is 28.4 Å². The Morgan fingerprint density at radius 2 is 0.894 bits per heavy atom. The van der Waals surface area contributed by atoms with Gasteiger partial charge in [0.2, 0.25) is 0 Å². The van der Waals surface area contributed by atoms with Crippen molar-refractivity contribution in [2.75, 3.05) is 28.4 Å². The van der Waals surface area contributed by atoms with Crippen LogP contribution in [-0.2, 0) is 67.6 Å². The molecular formula is C86H86N8O10. The van der Waals surface area contributed by atoms with E-state index in [1.807, 2.05) is 97.0 Å². The number of rotatable bonds is 15. The van der Waals surface area contributed by atoms with Gasteiger partial charge >= 0.3 is 23.9 Å². The topological polar surface area (TPSA) is 260 Å². The van der Waals surface area contributed by atoms with Crippen molar-refractivity contribution in [3.63, 3.8) is 0 Å². The second kappa shape index (κ2) is 26.9. The number of ether oxygens (including phenoxy) is 4. The summed E-state index contributed by atoms with van der Waals surface area (Å²) in [6.07, 6.45) is 11.8. The lowest BCUT2D eigenvalue weighted by atomic mass is 9.50. The number of aromatic nitrogens is 8. The van der Waals surface area contributed by atoms with Gasteiger partial charge in [0, 0.05) is 104 Å². The van der Waals surface area contributed by atoms with Crippen molar-refractivity contribution in [3.8, 4) is 11.1 Å². The van der Waals surface area contributed by atoms with Gasteiger partial charge in [0.05, 0.1) is 79.4 Å². The zero-order chi connectivity index (χ0) is 73.6. The number of H-pyrrole nitrogens is 4. The smallest absolute Gasteiger partial charge is 0.305 e. The molecule has 530 valence electrons. The van der Waals surface area contributed by atoms with Crippen LogP contribution < -0.4 is 0 Å². The van der Waals surface area contributed by atoms with Crippen LogP contribution in [0.25, 0.3) is 95.3 Å². The van der Waals surface area contributed by atoms with Crippen molar-refractivity contribution < 1.29 is 48.3 Å². The molecule has 0 saturated heterocycles. The van der Waals surface area contributed by atoms with Crippen molar-refractivity contribution in [1.82, 2.24) is 39.9 Å². The Balaban J connectivity index is 1.11. The summed E-state index contributed by atoms with van der Waals surface area (Å²) in [7, 11) is 5.52. The molecule has 0 amide bonds. The number of aryl methyl sites for hydroxylation is 6. The summed E-state index contributed by atoms with van der Waals surface area (Å²) >= 11 is 0. The first kappa shape index (κ1) is 70.0. The molecule has 1 spiro atoms. The van der Waals surface area contributed by atoms with E-state index in [0.717, 1.165) is 100 Å². The number of aromatic amines is 4. The maximum atomic E-state index is 14.8. The number of hydrogen-bond donors (Lipinski definition) is 6. The minimum Gasteiger partial charge on any atom is -0.469 e. The molecule has 1 unspecified atom stereocenters. The molecule has 6 aromatic heterocycles. The Morgan fingerprint density at radius 3 is 1.39 bits per heavy atom. The van der Waals surface area contributed by atoms with E-state index in [2.05, 4.69) is 99.9 Å². The number of aliphatic hydroxyl groups is 2. The van der Waals surface area contributed by atoms with Gasteiger partial charge in [-0.05, 0) is 208 Å². The average molecular weight is 1390 g/mol. The lowest BCUT2D eigenvalue weighted by Crippen LogP contribution is -2.52. The van der Waals surface area contributed by atoms with Crippen LogP contribution in [0.4, 0.5) is 0 Å². The molecule has 0 fully saturated rings. The molecule has 2 aliphatic carbocycles. The van der Waals surface area contributed by atoms with E-state index < -0.39 is 28.5 Å². The van der Waals surface area contributed by atoms with Gasteiger partial charge in [0.25, 0.3) is 0 Å². The molecule has 14 rings (SSSR count). The first-order chi connectivity index (χ1) is 49.9. The molecule has 6 atom stereocenters. The number of carbonyl (C=O) groups is 4. The highest BCUT2D eigenvalue weighted by molar-refractivity contribution is 5.97. The minimum absolute atomic E-state index is 0.0722. The molecule has 6 N–H and O–H groups in total. The van der Waals surface area contributed by atoms with Crippen molar-refractivity contribution in [3.05, 3.63) is 230 Å². The van der Waals surface area contributed by atoms with Gasteiger partial charge in [-0.15, -0.1) is 0 Å². The number of esters is 4. The molecular weight excluding hydrogens is 1300 g/mol. The second-order valence-corrected chi connectivity index (χ2v) is 28.4. The third-order valence-corrected chi connectivity index (χ3v) is 22.9. The largest absolute Gasteiger partial charge is 0.469 e. The van der Waals surface area contributed by atoms with Crippen molar-refractivity contribution in [1.29, 1.82) is 0 Å². The quantitative estimate of drug-likeness (QED) is 0.0317. The molecule has 18 heteroatoms. The highest BCUT2D eigenvalue weighted by atomic mass is 16.5. The number of nitrogens with one attached hydrogen (secondary N) is 4. The first-order valence-corrected chi connectivity index (χ1v) is 35.4. The van der Waals surface area contributed by atoms with Crippen LogP contribution in [0.3, 0.4) is 0 Å². The zero-order valence-corrected chi connectivity index (χ0v) is 60.9. The van der Waals surface area contributed by atoms with E-state index in [4.69, 9.17) is 38.9 Å². The highest BCUT2D eigenvalue weighted by Crippen LogP contribution is 2.65. The summed E-state index contributed by atoms with van der Waals surface area (Å²) in [4.78, 5) is 88.9. The first-order valence-electron chi connectivity index (χ1n) is 35.4. The lowest BCUT2D eigenvalue weighted by molar-refractivity contribution is -0.141. The normalized spacial score (nSPS) is 20.5. The van der Waals surface area contributed by atoms with E-state index in [1.54, 1.807) is 19.1 Å². The highest BCUT2D eigenvalue weighted by Gasteiger charge is 2.63. The summed E-state index contributed by atoms with van der Waals surface area (Å²) in [5.41, 5.74) is 19.4. The number of hydrogen-bond acceptors (Lipinski definition) is 14. The summed E-state index contributed by atoms with van der Waals surface area (Å²) < 4.78 is 20.8. The SMILES string of the molecule is C=Cc1c(C)c2cc3nc(cc4[nH]c(cc5nc(cc1[nH]2)[C@@](C)(O)/C5=C\[C@H]1[C@@H]2c5ccccc5-c5ccccc5[C@H]2C=CC12c1cc5[nH]c(cc6nc(cc7[nH]c(cc(n1)[C@@]2(C)O)c(C=C)c7C)C(C)=C6CCC(=O)OC)c(CCC(=O)OC)c5C)c(C)c4CCC(=O)OC)C(CCC(=O)OC)=C3C. The summed E-state index contributed by atoms with van der Waals surface area (Å²) in [5.74, 6) is -3.00.